The van der Waals surface area contributed by atoms with Gasteiger partial charge in [-0.15, -0.1) is 0 Å². The maximum absolute atomic E-state index is 13.4. The molecular formula is C26H27N5O3. The number of nitrogens with zero attached hydrogens (tertiary/aromatic N) is 4. The second-order valence-electron chi connectivity index (χ2n) is 7.80. The van der Waals surface area contributed by atoms with Gasteiger partial charge in [-0.2, -0.15) is 5.10 Å². The maximum Gasteiger partial charge on any atom is 0.255 e. The largest absolute Gasteiger partial charge is 0.497 e. The summed E-state index contributed by atoms with van der Waals surface area (Å²) in [4.78, 5) is 19.7. The lowest BCUT2D eigenvalue weighted by Gasteiger charge is -2.16. The Hall–Kier alpha value is -4.33. The Labute approximate surface area is 198 Å². The summed E-state index contributed by atoms with van der Waals surface area (Å²) in [6.45, 7) is 0.329. The Balaban J connectivity index is 1.73. The summed E-state index contributed by atoms with van der Waals surface area (Å²) in [7, 11) is 7.02. The summed E-state index contributed by atoms with van der Waals surface area (Å²) in [5.41, 5.74) is 3.40. The predicted octanol–water partition coefficient (Wildman–Crippen LogP) is 3.95. The Morgan fingerprint density at radius 1 is 1.03 bits per heavy atom. The van der Waals surface area contributed by atoms with Crippen LogP contribution in [0, 0.1) is 0 Å². The molecule has 4 aromatic rings. The van der Waals surface area contributed by atoms with E-state index < -0.39 is 0 Å². The summed E-state index contributed by atoms with van der Waals surface area (Å²) < 4.78 is 12.6. The third-order valence-electron chi connectivity index (χ3n) is 5.37. The number of nitrogens with one attached hydrogen (secondary N) is 1. The van der Waals surface area contributed by atoms with Gasteiger partial charge in [0, 0.05) is 50.2 Å². The van der Waals surface area contributed by atoms with Gasteiger partial charge < -0.3 is 19.7 Å². The number of carbonyl (C=O) groups excluding carboxylic acids is 1. The minimum Gasteiger partial charge on any atom is -0.497 e. The maximum atomic E-state index is 13.4. The molecule has 8 nitrogen and oxygen atoms in total. The molecule has 0 atom stereocenters. The van der Waals surface area contributed by atoms with E-state index in [-0.39, 0.29) is 5.91 Å². The predicted molar refractivity (Wildman–Crippen MR) is 132 cm³/mol. The molecule has 0 aliphatic carbocycles. The fourth-order valence-corrected chi connectivity index (χ4v) is 3.69. The number of rotatable bonds is 8. The molecular weight excluding hydrogens is 430 g/mol. The number of para-hydroxylation sites is 1. The molecule has 0 saturated heterocycles. The second kappa shape index (κ2) is 10.1. The number of ether oxygens (including phenoxy) is 2. The molecule has 0 spiro atoms. The van der Waals surface area contributed by atoms with E-state index in [0.29, 0.717) is 34.9 Å². The van der Waals surface area contributed by atoms with Crippen molar-refractivity contribution in [2.45, 2.75) is 6.54 Å². The van der Waals surface area contributed by atoms with Gasteiger partial charge >= 0.3 is 0 Å². The van der Waals surface area contributed by atoms with Gasteiger partial charge in [-0.25, -0.2) is 9.67 Å². The topological polar surface area (TPSA) is 81.5 Å². The van der Waals surface area contributed by atoms with Gasteiger partial charge in [0.1, 0.15) is 23.0 Å². The molecule has 34 heavy (non-hydrogen) atoms. The molecule has 1 N–H and O–H groups in total. The highest BCUT2D eigenvalue weighted by Gasteiger charge is 2.22. The van der Waals surface area contributed by atoms with Crippen molar-refractivity contribution in [3.05, 3.63) is 84.2 Å². The molecule has 2 aromatic heterocycles. The van der Waals surface area contributed by atoms with Crippen LogP contribution in [0.5, 0.6) is 11.5 Å². The first kappa shape index (κ1) is 22.8. The lowest BCUT2D eigenvalue weighted by Crippen LogP contribution is -2.24. The zero-order chi connectivity index (χ0) is 24.1. The van der Waals surface area contributed by atoms with Crippen molar-refractivity contribution >= 4 is 11.7 Å². The second-order valence-corrected chi connectivity index (χ2v) is 7.80. The van der Waals surface area contributed by atoms with Crippen LogP contribution >= 0.6 is 0 Å². The Kier molecular flexibility index (Phi) is 6.77. The Bertz CT molecular complexity index is 1280. The molecule has 1 amide bonds. The van der Waals surface area contributed by atoms with Crippen molar-refractivity contribution < 1.29 is 14.3 Å². The quantitative estimate of drug-likeness (QED) is 0.432. The highest BCUT2D eigenvalue weighted by molar-refractivity contribution is 6.00. The number of methoxy groups -OCH3 is 2. The van der Waals surface area contributed by atoms with Crippen molar-refractivity contribution in [1.29, 1.82) is 0 Å². The molecule has 0 fully saturated rings. The smallest absolute Gasteiger partial charge is 0.255 e. The zero-order valence-electron chi connectivity index (χ0n) is 19.6. The van der Waals surface area contributed by atoms with Crippen LogP contribution in [0.4, 0.5) is 5.82 Å². The van der Waals surface area contributed by atoms with Crippen molar-refractivity contribution in [2.24, 2.45) is 0 Å². The number of carbonyl (C=O) groups is 1. The molecule has 0 aliphatic heterocycles. The van der Waals surface area contributed by atoms with Crippen LogP contribution in [0.15, 0.2) is 73.1 Å². The van der Waals surface area contributed by atoms with Gasteiger partial charge in [-0.3, -0.25) is 4.79 Å². The number of amides is 1. The van der Waals surface area contributed by atoms with Crippen LogP contribution in [-0.4, -0.2) is 49.0 Å². The van der Waals surface area contributed by atoms with E-state index in [9.17, 15) is 4.79 Å². The SMILES string of the molecule is COc1ccc(-c2nn(-c3ccccc3)cc2C(=O)NCc2cccnc2N(C)C)c(OC)c1. The zero-order valence-corrected chi connectivity index (χ0v) is 19.6. The monoisotopic (exact) mass is 457 g/mol. The highest BCUT2D eigenvalue weighted by atomic mass is 16.5. The van der Waals surface area contributed by atoms with E-state index in [1.165, 1.54) is 0 Å². The number of anilines is 1. The first-order valence-corrected chi connectivity index (χ1v) is 10.8. The van der Waals surface area contributed by atoms with Crippen LogP contribution in [0.3, 0.4) is 0 Å². The summed E-state index contributed by atoms with van der Waals surface area (Å²) >= 11 is 0. The Morgan fingerprint density at radius 2 is 1.82 bits per heavy atom. The van der Waals surface area contributed by atoms with Crippen LogP contribution in [-0.2, 0) is 6.54 Å². The third kappa shape index (κ3) is 4.71. The van der Waals surface area contributed by atoms with Crippen LogP contribution in [0.25, 0.3) is 16.9 Å². The Morgan fingerprint density at radius 3 is 2.53 bits per heavy atom. The molecule has 174 valence electrons. The summed E-state index contributed by atoms with van der Waals surface area (Å²) in [5.74, 6) is 1.78. The molecule has 8 heteroatoms. The van der Waals surface area contributed by atoms with Crippen LogP contribution < -0.4 is 19.7 Å². The van der Waals surface area contributed by atoms with Gasteiger partial charge in [0.2, 0.25) is 0 Å². The number of hydrogen-bond donors (Lipinski definition) is 1. The van der Waals surface area contributed by atoms with Crippen molar-refractivity contribution in [3.63, 3.8) is 0 Å². The lowest BCUT2D eigenvalue weighted by atomic mass is 10.1. The van der Waals surface area contributed by atoms with Crippen molar-refractivity contribution in [1.82, 2.24) is 20.1 Å². The number of benzene rings is 2. The molecule has 2 heterocycles. The summed E-state index contributed by atoms with van der Waals surface area (Å²) in [5, 5.41) is 7.77. The van der Waals surface area contributed by atoms with E-state index in [0.717, 1.165) is 17.1 Å². The minimum absolute atomic E-state index is 0.247. The molecule has 0 radical (unpaired) electrons. The van der Waals surface area contributed by atoms with E-state index in [4.69, 9.17) is 14.6 Å². The number of pyridine rings is 1. The lowest BCUT2D eigenvalue weighted by molar-refractivity contribution is 0.0951. The van der Waals surface area contributed by atoms with Gasteiger partial charge in [-0.1, -0.05) is 24.3 Å². The van der Waals surface area contributed by atoms with Crippen molar-refractivity contribution in [2.75, 3.05) is 33.2 Å². The van der Waals surface area contributed by atoms with Gasteiger partial charge in [-0.05, 0) is 30.3 Å². The molecule has 0 bridgehead atoms. The van der Waals surface area contributed by atoms with Gasteiger partial charge in [0.15, 0.2) is 0 Å². The first-order valence-electron chi connectivity index (χ1n) is 10.8. The molecule has 0 saturated carbocycles. The van der Waals surface area contributed by atoms with Crippen LogP contribution in [0.2, 0.25) is 0 Å². The minimum atomic E-state index is -0.247. The van der Waals surface area contributed by atoms with Gasteiger partial charge in [0.05, 0.1) is 25.5 Å². The highest BCUT2D eigenvalue weighted by Crippen LogP contribution is 2.35. The fraction of sp³-hybridized carbons (Fsp3) is 0.192. The fourth-order valence-electron chi connectivity index (χ4n) is 3.69. The average molecular weight is 458 g/mol. The van der Waals surface area contributed by atoms with E-state index in [2.05, 4.69) is 10.3 Å². The third-order valence-corrected chi connectivity index (χ3v) is 5.37. The molecule has 0 aliphatic rings. The van der Waals surface area contributed by atoms with E-state index in [1.807, 2.05) is 73.6 Å². The van der Waals surface area contributed by atoms with E-state index >= 15 is 0 Å². The molecule has 4 rings (SSSR count). The normalized spacial score (nSPS) is 10.6. The standard InChI is InChI=1S/C26H27N5O3/c1-30(2)25-18(9-8-14-27-25)16-28-26(32)22-17-31(19-10-6-5-7-11-19)29-24(22)21-13-12-20(33-3)15-23(21)34-4/h5-15,17H,16H2,1-4H3,(H,28,32). The van der Waals surface area contributed by atoms with Crippen LogP contribution in [0.1, 0.15) is 15.9 Å². The number of aromatic nitrogens is 3. The van der Waals surface area contributed by atoms with E-state index in [1.54, 1.807) is 37.4 Å². The summed E-state index contributed by atoms with van der Waals surface area (Å²) in [6.07, 6.45) is 3.47. The number of hydrogen-bond acceptors (Lipinski definition) is 6. The average Bonchev–Trinajstić information content (AvgIpc) is 3.33. The molecule has 2 aromatic carbocycles. The van der Waals surface area contributed by atoms with Gasteiger partial charge in [0.25, 0.3) is 5.91 Å². The summed E-state index contributed by atoms with van der Waals surface area (Å²) in [6, 6.07) is 18.9. The van der Waals surface area contributed by atoms with Crippen molar-refractivity contribution in [3.8, 4) is 28.4 Å². The first-order chi connectivity index (χ1) is 16.5. The molecule has 0 unspecified atom stereocenters.